The maximum atomic E-state index is 15.0. The number of carbonyl (C=O) groups excluding carboxylic acids is 1. The second kappa shape index (κ2) is 11.4. The van der Waals surface area contributed by atoms with Crippen molar-refractivity contribution >= 4 is 40.1 Å². The summed E-state index contributed by atoms with van der Waals surface area (Å²) in [6.45, 7) is 11.7. The minimum atomic E-state index is -1.02. The second-order valence-electron chi connectivity index (χ2n) is 11.7. The van der Waals surface area contributed by atoms with Gasteiger partial charge in [0.25, 0.3) is 0 Å². The van der Waals surface area contributed by atoms with Crippen LogP contribution in [-0.4, -0.2) is 72.9 Å². The van der Waals surface area contributed by atoms with E-state index in [1.807, 2.05) is 13.8 Å². The molecule has 226 valence electrons. The van der Waals surface area contributed by atoms with E-state index in [2.05, 4.69) is 9.97 Å². The molecule has 4 heterocycles. The van der Waals surface area contributed by atoms with Crippen LogP contribution in [0.3, 0.4) is 0 Å². The van der Waals surface area contributed by atoms with Crippen LogP contribution in [0.5, 0.6) is 0 Å². The van der Waals surface area contributed by atoms with Crippen molar-refractivity contribution in [2.45, 2.75) is 72.1 Å². The van der Waals surface area contributed by atoms with Crippen LogP contribution in [0.15, 0.2) is 23.1 Å². The number of rotatable bonds is 5. The van der Waals surface area contributed by atoms with Crippen LogP contribution < -0.4 is 10.5 Å². The maximum absolute atomic E-state index is 15.0. The first-order valence-electron chi connectivity index (χ1n) is 13.5. The Hall–Kier alpha value is -3.84. The first kappa shape index (κ1) is 31.1. The van der Waals surface area contributed by atoms with Crippen molar-refractivity contribution in [1.29, 1.82) is 0 Å². The number of amides is 1. The summed E-state index contributed by atoms with van der Waals surface area (Å²) < 4.78 is 21.6. The third-order valence-electron chi connectivity index (χ3n) is 7.08. The summed E-state index contributed by atoms with van der Waals surface area (Å²) >= 11 is 6.11. The zero-order chi connectivity index (χ0) is 31.3. The number of nitrogens with zero attached hydrogens (tertiary/aromatic N) is 6. The minimum absolute atomic E-state index is 0.0305. The van der Waals surface area contributed by atoms with Gasteiger partial charge in [0.05, 0.1) is 34.3 Å². The van der Waals surface area contributed by atoms with Gasteiger partial charge in [-0.2, -0.15) is 0 Å². The highest BCUT2D eigenvalue weighted by atomic mass is 35.5. The Bertz CT molecular complexity index is 1620. The number of anilines is 1. The molecule has 3 aromatic heterocycles. The fraction of sp³-hybridized carbons (Fsp3) is 0.500. The fourth-order valence-corrected chi connectivity index (χ4v) is 5.36. The maximum Gasteiger partial charge on any atom is 0.410 e. The Morgan fingerprint density at radius 3 is 2.55 bits per heavy atom. The molecule has 0 aromatic carbocycles. The molecule has 1 fully saturated rings. The van der Waals surface area contributed by atoms with Crippen LogP contribution in [0.1, 0.15) is 58.7 Å². The van der Waals surface area contributed by atoms with E-state index < -0.39 is 57.5 Å². The van der Waals surface area contributed by atoms with Crippen LogP contribution in [0.4, 0.5) is 20.6 Å². The van der Waals surface area contributed by atoms with Gasteiger partial charge in [0.15, 0.2) is 16.6 Å². The lowest BCUT2D eigenvalue weighted by molar-refractivity contribution is -0.385. The summed E-state index contributed by atoms with van der Waals surface area (Å²) in [6.07, 6.45) is 0.956. The van der Waals surface area contributed by atoms with Crippen molar-refractivity contribution in [2.75, 3.05) is 24.6 Å². The Balaban J connectivity index is 2.04. The molecule has 0 unspecified atom stereocenters. The highest BCUT2D eigenvalue weighted by Gasteiger charge is 2.41. The minimum Gasteiger partial charge on any atom is -0.444 e. The Kier molecular flexibility index (Phi) is 8.47. The number of aryl methyl sites for hydroxylation is 1. The molecular formula is C28H34ClFN6O6. The topological polar surface area (TPSA) is 144 Å². The van der Waals surface area contributed by atoms with E-state index in [1.165, 1.54) is 9.80 Å². The number of nitro groups is 1. The standard InChI is InChI=1S/C28H34ClFN6O6/c1-14(2)20-21(15(3)8-9-31-20)35-25-18(10-19(30)24(29)32-25)22(23(26(35)38)36(40)41)34-11-16(4)33(12-17(34)13-37)27(39)42-28(5,6)7/h8-10,14,16-17,37H,11-13H2,1-7H3/t16-,17-/m1/s1. The van der Waals surface area contributed by atoms with Crippen molar-refractivity contribution in [3.05, 3.63) is 61.0 Å². The molecule has 0 radical (unpaired) electrons. The lowest BCUT2D eigenvalue weighted by Crippen LogP contribution is -2.61. The molecule has 1 aliphatic rings. The molecule has 1 saturated heterocycles. The number of halogens is 2. The molecule has 1 aliphatic heterocycles. The van der Waals surface area contributed by atoms with Gasteiger partial charge in [0, 0.05) is 25.3 Å². The van der Waals surface area contributed by atoms with Gasteiger partial charge in [0.1, 0.15) is 11.3 Å². The number of hydrogen-bond acceptors (Lipinski definition) is 9. The van der Waals surface area contributed by atoms with E-state index in [4.69, 9.17) is 16.3 Å². The molecule has 12 nitrogen and oxygen atoms in total. The average Bonchev–Trinajstić information content (AvgIpc) is 2.88. The van der Waals surface area contributed by atoms with Crippen LogP contribution in [0.2, 0.25) is 5.15 Å². The number of aromatic nitrogens is 3. The van der Waals surface area contributed by atoms with E-state index in [-0.39, 0.29) is 41.4 Å². The Labute approximate surface area is 246 Å². The smallest absolute Gasteiger partial charge is 0.410 e. The fourth-order valence-electron chi connectivity index (χ4n) is 5.22. The summed E-state index contributed by atoms with van der Waals surface area (Å²) in [5.41, 5.74) is -1.59. The Morgan fingerprint density at radius 1 is 1.31 bits per heavy atom. The van der Waals surface area contributed by atoms with Gasteiger partial charge >= 0.3 is 17.3 Å². The third-order valence-corrected chi connectivity index (χ3v) is 7.35. The van der Waals surface area contributed by atoms with Crippen LogP contribution in [0.25, 0.3) is 16.7 Å². The molecule has 3 aromatic rings. The normalized spacial score (nSPS) is 17.7. The van der Waals surface area contributed by atoms with E-state index >= 15 is 4.39 Å². The SMILES string of the molecule is Cc1ccnc(C(C)C)c1-n1c(=O)c([N+](=O)[O-])c(N2C[C@@H](C)N(C(=O)OC(C)(C)C)C[C@@H]2CO)c2cc(F)c(Cl)nc21. The lowest BCUT2D eigenvalue weighted by atomic mass is 10.0. The number of aliphatic hydroxyl groups excluding tert-OH is 1. The van der Waals surface area contributed by atoms with Crippen molar-refractivity contribution in [2.24, 2.45) is 0 Å². The van der Waals surface area contributed by atoms with Crippen LogP contribution in [0, 0.1) is 22.9 Å². The quantitative estimate of drug-likeness (QED) is 0.248. The number of aliphatic hydroxyl groups is 1. The average molecular weight is 605 g/mol. The van der Waals surface area contributed by atoms with Gasteiger partial charge in [-0.15, -0.1) is 0 Å². The molecule has 14 heteroatoms. The van der Waals surface area contributed by atoms with Gasteiger partial charge in [-0.05, 0) is 58.2 Å². The largest absolute Gasteiger partial charge is 0.444 e. The molecule has 0 bridgehead atoms. The van der Waals surface area contributed by atoms with Gasteiger partial charge < -0.3 is 19.6 Å². The first-order chi connectivity index (χ1) is 19.6. The number of ether oxygens (including phenoxy) is 1. The molecule has 4 rings (SSSR count). The van der Waals surface area contributed by atoms with Crippen LogP contribution >= 0.6 is 11.6 Å². The molecule has 1 N–H and O–H groups in total. The molecule has 42 heavy (non-hydrogen) atoms. The van der Waals surface area contributed by atoms with E-state index in [9.17, 15) is 24.8 Å². The number of pyridine rings is 3. The van der Waals surface area contributed by atoms with Gasteiger partial charge in [-0.25, -0.2) is 14.2 Å². The third kappa shape index (κ3) is 5.62. The summed E-state index contributed by atoms with van der Waals surface area (Å²) in [7, 11) is 0. The number of carbonyl (C=O) groups is 1. The van der Waals surface area contributed by atoms with Gasteiger partial charge in [-0.1, -0.05) is 25.4 Å². The van der Waals surface area contributed by atoms with Gasteiger partial charge in [0.2, 0.25) is 0 Å². The van der Waals surface area contributed by atoms with Crippen molar-refractivity contribution < 1.29 is 24.0 Å². The van der Waals surface area contributed by atoms with Gasteiger partial charge in [-0.3, -0.25) is 24.5 Å². The molecule has 1 amide bonds. The lowest BCUT2D eigenvalue weighted by Gasteiger charge is -2.45. The van der Waals surface area contributed by atoms with Crippen LogP contribution in [-0.2, 0) is 4.74 Å². The number of hydrogen-bond donors (Lipinski definition) is 1. The second-order valence-corrected chi connectivity index (χ2v) is 12.1. The number of piperazine rings is 1. The van der Waals surface area contributed by atoms with Crippen molar-refractivity contribution in [1.82, 2.24) is 19.4 Å². The summed E-state index contributed by atoms with van der Waals surface area (Å²) in [5.74, 6) is -1.13. The predicted molar refractivity (Wildman–Crippen MR) is 156 cm³/mol. The zero-order valence-electron chi connectivity index (χ0n) is 24.5. The zero-order valence-corrected chi connectivity index (χ0v) is 25.3. The summed E-state index contributed by atoms with van der Waals surface area (Å²) in [4.78, 5) is 50.4. The van der Waals surface area contributed by atoms with Crippen molar-refractivity contribution in [3.63, 3.8) is 0 Å². The Morgan fingerprint density at radius 2 is 1.98 bits per heavy atom. The van der Waals surface area contributed by atoms with Crippen molar-refractivity contribution in [3.8, 4) is 5.69 Å². The molecule has 0 aliphatic carbocycles. The number of fused-ring (bicyclic) bond motifs is 1. The van der Waals surface area contributed by atoms with E-state index in [1.54, 1.807) is 46.9 Å². The highest BCUT2D eigenvalue weighted by molar-refractivity contribution is 6.30. The molecule has 0 saturated carbocycles. The predicted octanol–water partition coefficient (Wildman–Crippen LogP) is 4.72. The summed E-state index contributed by atoms with van der Waals surface area (Å²) in [5, 5.41) is 22.4. The van der Waals surface area contributed by atoms with E-state index in [0.29, 0.717) is 11.3 Å². The molecular weight excluding hydrogens is 571 g/mol. The first-order valence-corrected chi connectivity index (χ1v) is 13.9. The monoisotopic (exact) mass is 604 g/mol. The molecule has 2 atom stereocenters. The molecule has 0 spiro atoms. The van der Waals surface area contributed by atoms with E-state index in [0.717, 1.165) is 10.6 Å². The highest BCUT2D eigenvalue weighted by Crippen LogP contribution is 2.39. The summed E-state index contributed by atoms with van der Waals surface area (Å²) in [6, 6.07) is 1.21.